The Hall–Kier alpha value is -1.50. The summed E-state index contributed by atoms with van der Waals surface area (Å²) in [5, 5.41) is 20.5. The lowest BCUT2D eigenvalue weighted by Gasteiger charge is -2.50. The van der Waals surface area contributed by atoms with Crippen LogP contribution in [-0.2, 0) is 6.42 Å². The lowest BCUT2D eigenvalue weighted by atomic mass is 9.55. The fraction of sp³-hybridized carbons (Fsp3) is 0.571. The number of fused-ring (bicyclic) bond motifs is 5. The Morgan fingerprint density at radius 1 is 1.26 bits per heavy atom. The first-order valence-electron chi connectivity index (χ1n) is 8.94. The summed E-state index contributed by atoms with van der Waals surface area (Å²) in [4.78, 5) is 0. The van der Waals surface area contributed by atoms with Crippen LogP contribution in [0.2, 0.25) is 0 Å². The molecule has 0 saturated heterocycles. The van der Waals surface area contributed by atoms with Crippen molar-refractivity contribution in [2.75, 3.05) is 0 Å². The minimum absolute atomic E-state index is 0.115. The van der Waals surface area contributed by atoms with Crippen molar-refractivity contribution in [2.24, 2.45) is 17.3 Å². The number of phenolic OH excluding ortho intramolecular Hbond substituents is 1. The normalized spacial score (nSPS) is 38.2. The summed E-state index contributed by atoms with van der Waals surface area (Å²) >= 11 is 0. The van der Waals surface area contributed by atoms with E-state index in [0.29, 0.717) is 23.5 Å². The third-order valence-corrected chi connectivity index (χ3v) is 7.04. The van der Waals surface area contributed by atoms with E-state index < -0.39 is 0 Å². The molecule has 4 rings (SSSR count). The molecule has 2 fully saturated rings. The lowest BCUT2D eigenvalue weighted by molar-refractivity contribution is -0.0226. The van der Waals surface area contributed by atoms with Gasteiger partial charge >= 0.3 is 0 Å². The number of rotatable bonds is 1. The van der Waals surface area contributed by atoms with Crippen LogP contribution in [0, 0.1) is 17.3 Å². The van der Waals surface area contributed by atoms with E-state index in [1.54, 1.807) is 0 Å². The number of aromatic hydroxyl groups is 1. The fourth-order valence-electron chi connectivity index (χ4n) is 5.95. The second kappa shape index (κ2) is 5.26. The molecule has 2 N–H and O–H groups in total. The molecule has 0 amide bonds. The zero-order valence-electron chi connectivity index (χ0n) is 13.9. The summed E-state index contributed by atoms with van der Waals surface area (Å²) in [5.41, 5.74) is 6.81. The third kappa shape index (κ3) is 2.12. The highest BCUT2D eigenvalue weighted by molar-refractivity contribution is 5.60. The molecule has 23 heavy (non-hydrogen) atoms. The number of aliphatic hydroxyl groups excluding tert-OH is 1. The minimum Gasteiger partial charge on any atom is -0.508 e. The highest BCUT2D eigenvalue weighted by Gasteiger charge is 2.54. The predicted molar refractivity (Wildman–Crippen MR) is 92.3 cm³/mol. The van der Waals surface area contributed by atoms with E-state index in [2.05, 4.69) is 19.2 Å². The van der Waals surface area contributed by atoms with Crippen LogP contribution >= 0.6 is 0 Å². The quantitative estimate of drug-likeness (QED) is 0.754. The average Bonchev–Trinajstić information content (AvgIpc) is 2.82. The molecule has 0 heterocycles. The van der Waals surface area contributed by atoms with Crippen molar-refractivity contribution < 1.29 is 10.2 Å². The van der Waals surface area contributed by atoms with Crippen LogP contribution < -0.4 is 0 Å². The van der Waals surface area contributed by atoms with E-state index in [0.717, 1.165) is 31.2 Å². The van der Waals surface area contributed by atoms with Gasteiger partial charge in [0.25, 0.3) is 0 Å². The Morgan fingerprint density at radius 2 is 2.09 bits per heavy atom. The van der Waals surface area contributed by atoms with Gasteiger partial charge in [0, 0.05) is 0 Å². The summed E-state index contributed by atoms with van der Waals surface area (Å²) in [7, 11) is 0. The van der Waals surface area contributed by atoms with Gasteiger partial charge in [-0.2, -0.15) is 0 Å². The maximum absolute atomic E-state index is 10.5. The minimum atomic E-state index is -0.123. The summed E-state index contributed by atoms with van der Waals surface area (Å²) in [6.07, 6.45) is 8.39. The van der Waals surface area contributed by atoms with Crippen LogP contribution in [0.3, 0.4) is 0 Å². The second-order valence-electron chi connectivity index (χ2n) is 8.01. The van der Waals surface area contributed by atoms with Gasteiger partial charge in [0.1, 0.15) is 5.75 Å². The lowest BCUT2D eigenvalue weighted by Crippen LogP contribution is -2.44. The Kier molecular flexibility index (Phi) is 3.44. The first-order chi connectivity index (χ1) is 11.0. The smallest absolute Gasteiger partial charge is 0.116 e. The molecule has 0 bridgehead atoms. The standard InChI is InChI=1S/C21H26O2/c1-3-4-13-11-15(22)12-14-5-6-16-17(20(13)14)9-10-21(2)18(16)7-8-19(21)23/h4,11-12,16-19,22-23H,1,5-10H2,2H3/t16-,17+,18+,19+,21+/m1/s1. The van der Waals surface area contributed by atoms with Gasteiger partial charge in [-0.25, -0.2) is 0 Å². The molecule has 3 aliphatic rings. The average molecular weight is 310 g/mol. The molecular weight excluding hydrogens is 284 g/mol. The van der Waals surface area contributed by atoms with Crippen LogP contribution in [0.25, 0.3) is 6.08 Å². The number of hydrogen-bond donors (Lipinski definition) is 2. The van der Waals surface area contributed by atoms with Crippen LogP contribution in [0.5, 0.6) is 5.75 Å². The van der Waals surface area contributed by atoms with Gasteiger partial charge in [0.15, 0.2) is 0 Å². The molecule has 1 aromatic rings. The molecular formula is C21H26O2. The van der Waals surface area contributed by atoms with Gasteiger partial charge < -0.3 is 10.2 Å². The monoisotopic (exact) mass is 310 g/mol. The molecule has 0 aliphatic heterocycles. The van der Waals surface area contributed by atoms with Crippen LogP contribution in [0.1, 0.15) is 61.6 Å². The predicted octanol–water partition coefficient (Wildman–Crippen LogP) is 4.41. The Balaban J connectivity index is 1.79. The zero-order chi connectivity index (χ0) is 16.2. The molecule has 3 aliphatic carbocycles. The molecule has 0 spiro atoms. The molecule has 2 heteroatoms. The first-order valence-corrected chi connectivity index (χ1v) is 8.94. The SMILES string of the molecule is C=C=Cc1cc(O)cc2c1[C@H]1CC[C@]3(C)[C@@H](O)CC[C@H]3[C@@H]1CC2. The zero-order valence-corrected chi connectivity index (χ0v) is 13.9. The van der Waals surface area contributed by atoms with Crippen molar-refractivity contribution in [3.05, 3.63) is 41.1 Å². The number of aryl methyl sites for hydroxylation is 1. The summed E-state index contributed by atoms with van der Waals surface area (Å²) in [6.45, 7) is 6.03. The molecule has 0 unspecified atom stereocenters. The van der Waals surface area contributed by atoms with Crippen molar-refractivity contribution in [3.63, 3.8) is 0 Å². The van der Waals surface area contributed by atoms with E-state index in [9.17, 15) is 10.2 Å². The van der Waals surface area contributed by atoms with Crippen LogP contribution in [0.4, 0.5) is 0 Å². The van der Waals surface area contributed by atoms with E-state index in [1.165, 1.54) is 24.0 Å². The maximum atomic E-state index is 10.5. The fourth-order valence-corrected chi connectivity index (χ4v) is 5.95. The Morgan fingerprint density at radius 3 is 2.87 bits per heavy atom. The number of benzene rings is 1. The topological polar surface area (TPSA) is 40.5 Å². The van der Waals surface area contributed by atoms with Crippen LogP contribution in [-0.4, -0.2) is 16.3 Å². The highest BCUT2D eigenvalue weighted by atomic mass is 16.3. The largest absolute Gasteiger partial charge is 0.508 e. The highest BCUT2D eigenvalue weighted by Crippen LogP contribution is 2.61. The second-order valence-corrected chi connectivity index (χ2v) is 8.01. The molecule has 0 aromatic heterocycles. The summed E-state index contributed by atoms with van der Waals surface area (Å²) < 4.78 is 0. The Bertz CT molecular complexity index is 685. The van der Waals surface area contributed by atoms with E-state index in [4.69, 9.17) is 0 Å². The maximum Gasteiger partial charge on any atom is 0.116 e. The number of phenols is 1. The molecule has 2 nitrogen and oxygen atoms in total. The number of aliphatic hydroxyl groups is 1. The Labute approximate surface area is 138 Å². The third-order valence-electron chi connectivity index (χ3n) is 7.04. The van der Waals surface area contributed by atoms with Crippen molar-refractivity contribution in [1.82, 2.24) is 0 Å². The van der Waals surface area contributed by atoms with Gasteiger partial charge in [-0.3, -0.25) is 0 Å². The van der Waals surface area contributed by atoms with Crippen LogP contribution in [0.15, 0.2) is 24.4 Å². The van der Waals surface area contributed by atoms with Crippen molar-refractivity contribution in [1.29, 1.82) is 0 Å². The van der Waals surface area contributed by atoms with Crippen molar-refractivity contribution in [2.45, 2.75) is 57.5 Å². The molecule has 2 saturated carbocycles. The van der Waals surface area contributed by atoms with Gasteiger partial charge in [-0.05, 0) is 96.6 Å². The van der Waals surface area contributed by atoms with E-state index in [1.807, 2.05) is 18.2 Å². The van der Waals surface area contributed by atoms with Gasteiger partial charge in [0.2, 0.25) is 0 Å². The molecule has 1 aromatic carbocycles. The van der Waals surface area contributed by atoms with Crippen molar-refractivity contribution >= 4 is 6.08 Å². The molecule has 122 valence electrons. The van der Waals surface area contributed by atoms with Gasteiger partial charge in [-0.1, -0.05) is 13.5 Å². The van der Waals surface area contributed by atoms with Gasteiger partial charge in [0.05, 0.1) is 6.10 Å². The number of hydrogen-bond acceptors (Lipinski definition) is 2. The van der Waals surface area contributed by atoms with E-state index in [-0.39, 0.29) is 11.5 Å². The molecule has 0 radical (unpaired) electrons. The van der Waals surface area contributed by atoms with E-state index >= 15 is 0 Å². The van der Waals surface area contributed by atoms with Gasteiger partial charge in [-0.15, -0.1) is 5.73 Å². The first kappa shape index (κ1) is 15.1. The summed E-state index contributed by atoms with van der Waals surface area (Å²) in [5.74, 6) is 2.21. The van der Waals surface area contributed by atoms with Crippen molar-refractivity contribution in [3.8, 4) is 5.75 Å². The molecule has 5 atom stereocenters. The summed E-state index contributed by atoms with van der Waals surface area (Å²) in [6, 6.07) is 3.81.